The van der Waals surface area contributed by atoms with Crippen molar-refractivity contribution in [3.05, 3.63) is 16.6 Å². The van der Waals surface area contributed by atoms with Gasteiger partial charge in [0.05, 0.1) is 11.2 Å². The Hall–Kier alpha value is -1.10. The molecule has 0 bridgehead atoms. The number of alkyl carbamates (subject to hydrolysis) is 1. The zero-order valence-corrected chi connectivity index (χ0v) is 7.56. The molecule has 0 fully saturated rings. The van der Waals surface area contributed by atoms with Gasteiger partial charge in [-0.2, -0.15) is 0 Å². The molecule has 0 unspecified atom stereocenters. The van der Waals surface area contributed by atoms with E-state index in [0.717, 1.165) is 5.69 Å². The highest BCUT2D eigenvalue weighted by Gasteiger charge is 2.00. The molecule has 1 N–H and O–H groups in total. The predicted octanol–water partition coefficient (Wildman–Crippen LogP) is 1.39. The minimum absolute atomic E-state index is 0.245. The van der Waals surface area contributed by atoms with E-state index in [1.165, 1.54) is 11.3 Å². The van der Waals surface area contributed by atoms with Crippen molar-refractivity contribution in [2.45, 2.75) is 13.5 Å². The fraction of sp³-hybridized carbons (Fsp3) is 0.429. The number of rotatable bonds is 3. The molecule has 0 aliphatic heterocycles. The Morgan fingerprint density at radius 3 is 3.25 bits per heavy atom. The van der Waals surface area contributed by atoms with Crippen LogP contribution in [-0.4, -0.2) is 17.6 Å². The molecule has 66 valence electrons. The molecule has 4 nitrogen and oxygen atoms in total. The Bertz CT molecular complexity index is 236. The minimum atomic E-state index is -0.398. The maximum absolute atomic E-state index is 10.8. The molecule has 1 amide bonds. The van der Waals surface area contributed by atoms with Gasteiger partial charge < -0.3 is 10.1 Å². The summed E-state index contributed by atoms with van der Waals surface area (Å²) in [7, 11) is 0. The average molecular weight is 186 g/mol. The van der Waals surface area contributed by atoms with E-state index >= 15 is 0 Å². The maximum atomic E-state index is 10.8. The van der Waals surface area contributed by atoms with E-state index in [9.17, 15) is 4.79 Å². The monoisotopic (exact) mass is 186 g/mol. The number of hydrogen-bond acceptors (Lipinski definition) is 4. The Labute approximate surface area is 74.6 Å². The second kappa shape index (κ2) is 4.71. The van der Waals surface area contributed by atoms with Crippen LogP contribution in [-0.2, 0) is 11.3 Å². The molecule has 12 heavy (non-hydrogen) atoms. The van der Waals surface area contributed by atoms with E-state index < -0.39 is 6.09 Å². The minimum Gasteiger partial charge on any atom is -0.443 e. The molecule has 1 aromatic rings. The second-order valence-corrected chi connectivity index (χ2v) is 2.80. The van der Waals surface area contributed by atoms with E-state index in [4.69, 9.17) is 4.74 Å². The van der Waals surface area contributed by atoms with Crippen molar-refractivity contribution in [2.75, 3.05) is 6.54 Å². The van der Waals surface area contributed by atoms with Crippen LogP contribution in [0.25, 0.3) is 0 Å². The smallest absolute Gasteiger partial charge is 0.407 e. The normalized spacial score (nSPS) is 9.42. The second-order valence-electron chi connectivity index (χ2n) is 2.09. The third-order valence-electron chi connectivity index (χ3n) is 1.16. The summed E-state index contributed by atoms with van der Waals surface area (Å²) in [6.07, 6.45) is -0.398. The predicted molar refractivity (Wildman–Crippen MR) is 46.0 cm³/mol. The van der Waals surface area contributed by atoms with Crippen LogP contribution in [0, 0.1) is 0 Å². The Balaban J connectivity index is 2.22. The molecule has 1 rings (SSSR count). The summed E-state index contributed by atoms with van der Waals surface area (Å²) in [5.74, 6) is 0. The van der Waals surface area contributed by atoms with Gasteiger partial charge in [-0.15, -0.1) is 11.3 Å². The number of amides is 1. The van der Waals surface area contributed by atoms with Gasteiger partial charge in [-0.05, 0) is 6.92 Å². The average Bonchev–Trinajstić information content (AvgIpc) is 2.53. The van der Waals surface area contributed by atoms with Gasteiger partial charge in [0, 0.05) is 11.9 Å². The number of nitrogens with one attached hydrogen (secondary N) is 1. The van der Waals surface area contributed by atoms with Gasteiger partial charge in [0.2, 0.25) is 0 Å². The number of aromatic nitrogens is 1. The highest BCUT2D eigenvalue weighted by atomic mass is 32.1. The molecule has 0 radical (unpaired) electrons. The van der Waals surface area contributed by atoms with Crippen molar-refractivity contribution in [1.82, 2.24) is 10.3 Å². The third-order valence-corrected chi connectivity index (χ3v) is 1.79. The van der Waals surface area contributed by atoms with Gasteiger partial charge in [-0.1, -0.05) is 0 Å². The first-order chi connectivity index (χ1) is 5.83. The highest BCUT2D eigenvalue weighted by Crippen LogP contribution is 2.01. The van der Waals surface area contributed by atoms with Crippen molar-refractivity contribution in [3.63, 3.8) is 0 Å². The van der Waals surface area contributed by atoms with Crippen LogP contribution in [0.2, 0.25) is 0 Å². The van der Waals surface area contributed by atoms with Crippen LogP contribution < -0.4 is 5.32 Å². The molecular formula is C7H10N2O2S. The molecule has 0 aliphatic carbocycles. The number of nitrogens with zero attached hydrogens (tertiary/aromatic N) is 1. The summed E-state index contributed by atoms with van der Waals surface area (Å²) in [5.41, 5.74) is 2.49. The lowest BCUT2D eigenvalue weighted by atomic mass is 10.5. The van der Waals surface area contributed by atoms with Crippen molar-refractivity contribution in [2.24, 2.45) is 0 Å². The molecule has 0 saturated heterocycles. The first-order valence-electron chi connectivity index (χ1n) is 3.60. The number of carbonyl (C=O) groups is 1. The van der Waals surface area contributed by atoms with Crippen molar-refractivity contribution in [1.29, 1.82) is 0 Å². The summed E-state index contributed by atoms with van der Waals surface area (Å²) in [6, 6.07) is 0. The van der Waals surface area contributed by atoms with E-state index in [1.807, 2.05) is 12.3 Å². The summed E-state index contributed by atoms with van der Waals surface area (Å²) in [4.78, 5) is 14.7. The van der Waals surface area contributed by atoms with Crippen molar-refractivity contribution >= 4 is 17.4 Å². The number of ether oxygens (including phenoxy) is 1. The number of hydrogen-bond donors (Lipinski definition) is 1. The van der Waals surface area contributed by atoms with Gasteiger partial charge in [0.15, 0.2) is 0 Å². The largest absolute Gasteiger partial charge is 0.443 e. The molecule has 0 spiro atoms. The molecule has 1 heterocycles. The SMILES string of the molecule is CCNC(=O)OCc1cscn1. The van der Waals surface area contributed by atoms with Gasteiger partial charge in [0.1, 0.15) is 6.61 Å². The number of thiazole rings is 1. The topological polar surface area (TPSA) is 51.2 Å². The molecule has 0 aliphatic rings. The quantitative estimate of drug-likeness (QED) is 0.776. The fourth-order valence-corrected chi connectivity index (χ4v) is 1.19. The van der Waals surface area contributed by atoms with Gasteiger partial charge >= 0.3 is 6.09 Å². The summed E-state index contributed by atoms with van der Waals surface area (Å²) in [5, 5.41) is 4.37. The van der Waals surface area contributed by atoms with Gasteiger partial charge in [-0.3, -0.25) is 0 Å². The fourth-order valence-electron chi connectivity index (χ4n) is 0.644. The first-order valence-corrected chi connectivity index (χ1v) is 4.55. The van der Waals surface area contributed by atoms with Gasteiger partial charge in [0.25, 0.3) is 0 Å². The molecule has 0 saturated carbocycles. The summed E-state index contributed by atoms with van der Waals surface area (Å²) < 4.78 is 4.82. The van der Waals surface area contributed by atoms with Crippen LogP contribution in [0.15, 0.2) is 10.9 Å². The zero-order chi connectivity index (χ0) is 8.81. The molecule has 1 aromatic heterocycles. The summed E-state index contributed by atoms with van der Waals surface area (Å²) in [6.45, 7) is 2.66. The molecule has 0 atom stereocenters. The van der Waals surface area contributed by atoms with E-state index in [1.54, 1.807) is 5.51 Å². The maximum Gasteiger partial charge on any atom is 0.407 e. The van der Waals surface area contributed by atoms with Crippen LogP contribution in [0.5, 0.6) is 0 Å². The van der Waals surface area contributed by atoms with Gasteiger partial charge in [-0.25, -0.2) is 9.78 Å². The van der Waals surface area contributed by atoms with Crippen LogP contribution in [0.3, 0.4) is 0 Å². The van der Waals surface area contributed by atoms with Crippen LogP contribution in [0.4, 0.5) is 4.79 Å². The Morgan fingerprint density at radius 1 is 1.83 bits per heavy atom. The zero-order valence-electron chi connectivity index (χ0n) is 6.74. The lowest BCUT2D eigenvalue weighted by Crippen LogP contribution is -2.23. The first kappa shape index (κ1) is 8.99. The van der Waals surface area contributed by atoms with Crippen LogP contribution in [0.1, 0.15) is 12.6 Å². The standard InChI is InChI=1S/C7H10N2O2S/c1-2-8-7(10)11-3-6-4-12-5-9-6/h4-5H,2-3H2,1H3,(H,8,10). The van der Waals surface area contributed by atoms with Crippen molar-refractivity contribution in [3.8, 4) is 0 Å². The molecule has 0 aromatic carbocycles. The molecular weight excluding hydrogens is 176 g/mol. The van der Waals surface area contributed by atoms with Crippen LogP contribution >= 0.6 is 11.3 Å². The Kier molecular flexibility index (Phi) is 3.53. The van der Waals surface area contributed by atoms with E-state index in [2.05, 4.69) is 10.3 Å². The lowest BCUT2D eigenvalue weighted by molar-refractivity contribution is 0.139. The molecule has 5 heteroatoms. The Morgan fingerprint density at radius 2 is 2.67 bits per heavy atom. The van der Waals surface area contributed by atoms with Crippen molar-refractivity contribution < 1.29 is 9.53 Å². The highest BCUT2D eigenvalue weighted by molar-refractivity contribution is 7.07. The van der Waals surface area contributed by atoms with E-state index in [0.29, 0.717) is 6.54 Å². The lowest BCUT2D eigenvalue weighted by Gasteiger charge is -2.01. The summed E-state index contributed by atoms with van der Waals surface area (Å²) >= 11 is 1.48. The van der Waals surface area contributed by atoms with E-state index in [-0.39, 0.29) is 6.61 Å². The number of carbonyl (C=O) groups excluding carboxylic acids is 1. The third kappa shape index (κ3) is 2.87.